The summed E-state index contributed by atoms with van der Waals surface area (Å²) >= 11 is 6.91. The summed E-state index contributed by atoms with van der Waals surface area (Å²) in [6.45, 7) is 4.22. The highest BCUT2D eigenvalue weighted by Gasteiger charge is 2.27. The Morgan fingerprint density at radius 2 is 2.03 bits per heavy atom. The van der Waals surface area contributed by atoms with E-state index in [4.69, 9.17) is 21.3 Å². The zero-order valence-corrected chi connectivity index (χ0v) is 22.4. The smallest absolute Gasteiger partial charge is 0.273 e. The van der Waals surface area contributed by atoms with Crippen molar-refractivity contribution in [3.8, 4) is 28.3 Å². The van der Waals surface area contributed by atoms with Crippen molar-refractivity contribution in [2.75, 3.05) is 26.0 Å². The molecule has 1 atom stereocenters. The molecule has 5 rings (SSSR count). The number of aromatic nitrogens is 1. The number of fused-ring (bicyclic) bond motifs is 1. The summed E-state index contributed by atoms with van der Waals surface area (Å²) in [5.74, 6) is -0.536. The second-order valence-electron chi connectivity index (χ2n) is 9.59. The van der Waals surface area contributed by atoms with Gasteiger partial charge < -0.3 is 10.1 Å². The van der Waals surface area contributed by atoms with E-state index in [0.29, 0.717) is 51.4 Å². The van der Waals surface area contributed by atoms with Crippen LogP contribution in [0.5, 0.6) is 5.88 Å². The van der Waals surface area contributed by atoms with Gasteiger partial charge in [0.1, 0.15) is 11.4 Å². The quantitative estimate of drug-likeness (QED) is 0.427. The van der Waals surface area contributed by atoms with Gasteiger partial charge >= 0.3 is 0 Å². The number of likely N-dealkylation sites (N-methyl/N-ethyl adjacent to an activating group) is 1. The predicted molar refractivity (Wildman–Crippen MR) is 146 cm³/mol. The Balaban J connectivity index is 1.54. The van der Waals surface area contributed by atoms with E-state index in [1.807, 2.05) is 12.1 Å². The number of benzene rings is 2. The van der Waals surface area contributed by atoms with Gasteiger partial charge in [0.25, 0.3) is 11.8 Å². The molecule has 3 aromatic rings. The van der Waals surface area contributed by atoms with Gasteiger partial charge in [-0.1, -0.05) is 42.8 Å². The number of hydrogen-bond donors (Lipinski definition) is 2. The van der Waals surface area contributed by atoms with Gasteiger partial charge in [0, 0.05) is 41.5 Å². The first-order chi connectivity index (χ1) is 18.2. The molecule has 1 aromatic heterocycles. The molecular formula is C29H28ClFN4O3. The number of nitrogens with one attached hydrogen (secondary N) is 2. The summed E-state index contributed by atoms with van der Waals surface area (Å²) < 4.78 is 20.9. The Bertz CT molecular complexity index is 1500. The molecule has 2 heterocycles. The van der Waals surface area contributed by atoms with Gasteiger partial charge in [0.05, 0.1) is 17.8 Å². The van der Waals surface area contributed by atoms with Gasteiger partial charge in [-0.25, -0.2) is 14.8 Å². The summed E-state index contributed by atoms with van der Waals surface area (Å²) in [7, 11) is 3.16. The average Bonchev–Trinajstić information content (AvgIpc) is 3.28. The third-order valence-corrected chi connectivity index (χ3v) is 7.67. The molecule has 2 aliphatic rings. The van der Waals surface area contributed by atoms with Crippen LogP contribution in [0.1, 0.15) is 36.0 Å². The Morgan fingerprint density at radius 1 is 1.26 bits per heavy atom. The second-order valence-corrected chi connectivity index (χ2v) is 9.97. The Labute approximate surface area is 225 Å². The molecule has 2 aromatic carbocycles. The fourth-order valence-corrected chi connectivity index (χ4v) is 5.51. The Hall–Kier alpha value is -3.75. The summed E-state index contributed by atoms with van der Waals surface area (Å²) in [4.78, 5) is 30.0. The number of anilines is 1. The first-order valence-electron chi connectivity index (χ1n) is 12.4. The molecule has 0 spiro atoms. The molecule has 1 aliphatic carbocycles. The topological polar surface area (TPSA) is 83.6 Å². The van der Waals surface area contributed by atoms with E-state index in [2.05, 4.69) is 17.7 Å². The van der Waals surface area contributed by atoms with Crippen LogP contribution in [0.25, 0.3) is 22.4 Å². The van der Waals surface area contributed by atoms with Crippen LogP contribution >= 0.6 is 11.6 Å². The molecule has 2 amide bonds. The highest BCUT2D eigenvalue weighted by molar-refractivity contribution is 6.36. The number of ether oxygens (including phenoxy) is 1. The monoisotopic (exact) mass is 534 g/mol. The zero-order chi connectivity index (χ0) is 27.1. The maximum Gasteiger partial charge on any atom is 0.273 e. The van der Waals surface area contributed by atoms with Gasteiger partial charge in [-0.2, -0.15) is 0 Å². The molecule has 9 heteroatoms. The minimum atomic E-state index is -0.562. The van der Waals surface area contributed by atoms with Crippen molar-refractivity contribution in [2.24, 2.45) is 0 Å². The minimum Gasteiger partial charge on any atom is -0.481 e. The molecule has 1 aliphatic heterocycles. The van der Waals surface area contributed by atoms with Crippen molar-refractivity contribution in [3.63, 3.8) is 0 Å². The molecule has 2 N–H and O–H groups in total. The minimum absolute atomic E-state index is 0.0162. The van der Waals surface area contributed by atoms with Crippen molar-refractivity contribution >= 4 is 29.1 Å². The fourth-order valence-electron chi connectivity index (χ4n) is 5.20. The highest BCUT2D eigenvalue weighted by atomic mass is 35.5. The Kier molecular flexibility index (Phi) is 6.94. The van der Waals surface area contributed by atoms with Gasteiger partial charge in [-0.15, -0.1) is 0 Å². The maximum atomic E-state index is 15.3. The number of amides is 2. The van der Waals surface area contributed by atoms with Crippen LogP contribution in [-0.2, 0) is 16.0 Å². The number of rotatable bonds is 5. The van der Waals surface area contributed by atoms with Crippen LogP contribution in [0.2, 0.25) is 5.02 Å². The third kappa shape index (κ3) is 4.44. The lowest BCUT2D eigenvalue weighted by molar-refractivity contribution is -0.131. The molecule has 1 unspecified atom stereocenters. The fraction of sp³-hybridized carbons (Fsp3) is 0.276. The van der Waals surface area contributed by atoms with E-state index in [0.717, 1.165) is 18.4 Å². The molecular weight excluding hydrogens is 507 g/mol. The van der Waals surface area contributed by atoms with Crippen LogP contribution in [0.15, 0.2) is 48.0 Å². The molecule has 7 nitrogen and oxygen atoms in total. The van der Waals surface area contributed by atoms with Gasteiger partial charge in [-0.3, -0.25) is 14.6 Å². The van der Waals surface area contributed by atoms with Gasteiger partial charge in [0.15, 0.2) is 0 Å². The molecule has 0 radical (unpaired) electrons. The van der Waals surface area contributed by atoms with Crippen LogP contribution in [0, 0.1) is 12.7 Å². The number of hydrogen-bond acceptors (Lipinski definition) is 5. The van der Waals surface area contributed by atoms with E-state index in [9.17, 15) is 9.59 Å². The molecule has 0 fully saturated rings. The van der Waals surface area contributed by atoms with E-state index < -0.39 is 17.6 Å². The van der Waals surface area contributed by atoms with Crippen molar-refractivity contribution in [3.05, 3.63) is 75.6 Å². The van der Waals surface area contributed by atoms with Crippen LogP contribution < -0.4 is 15.5 Å². The van der Waals surface area contributed by atoms with Gasteiger partial charge in [-0.05, 0) is 55.0 Å². The highest BCUT2D eigenvalue weighted by Crippen LogP contribution is 2.44. The standard InChI is InChI=1S/C29H28ClFN4O3/c1-15-8-9-17-14-23(34-28(38-4)24(15)17)18-6-5-7-19(26(18)30)25-16(2)22(11-10-21(25)31)33-27(36)20-12-13-32-35(3)29(20)37/h5-7,10-12,14-15,32H,8-9,13H2,1-4H3,(H,33,36). The van der Waals surface area contributed by atoms with Crippen LogP contribution in [0.4, 0.5) is 10.1 Å². The van der Waals surface area contributed by atoms with Crippen molar-refractivity contribution in [1.82, 2.24) is 15.4 Å². The largest absolute Gasteiger partial charge is 0.481 e. The number of aryl methyl sites for hydroxylation is 1. The number of pyridine rings is 1. The number of hydrazine groups is 1. The van der Waals surface area contributed by atoms with E-state index >= 15 is 4.39 Å². The molecule has 0 saturated heterocycles. The lowest BCUT2D eigenvalue weighted by atomic mass is 9.95. The lowest BCUT2D eigenvalue weighted by Gasteiger charge is -2.23. The molecule has 38 heavy (non-hydrogen) atoms. The van der Waals surface area contributed by atoms with E-state index in [1.165, 1.54) is 28.8 Å². The summed E-state index contributed by atoms with van der Waals surface area (Å²) in [5.41, 5.74) is 8.08. The summed E-state index contributed by atoms with van der Waals surface area (Å²) in [6.07, 6.45) is 3.49. The maximum absolute atomic E-state index is 15.3. The third-order valence-electron chi connectivity index (χ3n) is 7.26. The first-order valence-corrected chi connectivity index (χ1v) is 12.8. The van der Waals surface area contributed by atoms with E-state index in [1.54, 1.807) is 33.2 Å². The number of halogens is 2. The van der Waals surface area contributed by atoms with Crippen LogP contribution in [0.3, 0.4) is 0 Å². The number of carbonyl (C=O) groups is 2. The molecule has 196 valence electrons. The summed E-state index contributed by atoms with van der Waals surface area (Å²) in [5, 5.41) is 4.36. The number of nitrogens with zero attached hydrogens (tertiary/aromatic N) is 2. The average molecular weight is 535 g/mol. The number of carbonyl (C=O) groups excluding carboxylic acids is 2. The van der Waals surface area contributed by atoms with E-state index in [-0.39, 0.29) is 11.1 Å². The molecule has 0 saturated carbocycles. The van der Waals surface area contributed by atoms with Crippen molar-refractivity contribution < 1.29 is 18.7 Å². The Morgan fingerprint density at radius 3 is 2.79 bits per heavy atom. The second kappa shape index (κ2) is 10.2. The van der Waals surface area contributed by atoms with Gasteiger partial charge in [0.2, 0.25) is 5.88 Å². The molecule has 0 bridgehead atoms. The zero-order valence-electron chi connectivity index (χ0n) is 21.6. The first kappa shape index (κ1) is 25.9. The normalized spacial score (nSPS) is 16.8. The number of methoxy groups -OCH3 is 1. The van der Waals surface area contributed by atoms with Crippen molar-refractivity contribution in [1.29, 1.82) is 0 Å². The predicted octanol–water partition coefficient (Wildman–Crippen LogP) is 5.42. The SMILES string of the molecule is COc1nc(-c2cccc(-c3c(F)ccc(NC(=O)C4=CCNN(C)C4=O)c3C)c2Cl)cc2c1C(C)CC2. The van der Waals surface area contributed by atoms with Crippen molar-refractivity contribution in [2.45, 2.75) is 32.6 Å². The summed E-state index contributed by atoms with van der Waals surface area (Å²) in [6, 6.07) is 10.2. The van der Waals surface area contributed by atoms with Crippen LogP contribution in [-0.4, -0.2) is 42.5 Å². The lowest BCUT2D eigenvalue weighted by Crippen LogP contribution is -2.46.